The van der Waals surface area contributed by atoms with E-state index in [9.17, 15) is 9.59 Å². The highest BCUT2D eigenvalue weighted by molar-refractivity contribution is 6.26. The van der Waals surface area contributed by atoms with Crippen LogP contribution in [0.15, 0.2) is 47.5 Å². The summed E-state index contributed by atoms with van der Waals surface area (Å²) in [5, 5.41) is 3.83. The fraction of sp³-hybridized carbons (Fsp3) is 0.500. The zero-order valence-corrected chi connectivity index (χ0v) is 22.2. The molecule has 3 aliphatic heterocycles. The number of aliphatic imine (C=N–C) groups is 1. The lowest BCUT2D eigenvalue weighted by atomic mass is 9.61. The number of para-hydroxylation sites is 1. The third-order valence-corrected chi connectivity index (χ3v) is 8.47. The Labute approximate surface area is 213 Å². The van der Waals surface area contributed by atoms with Crippen molar-refractivity contribution in [3.05, 3.63) is 59.2 Å². The van der Waals surface area contributed by atoms with Crippen LogP contribution >= 0.6 is 0 Å². The first-order valence-electron chi connectivity index (χ1n) is 12.9. The molecule has 1 N–H and O–H groups in total. The molecule has 0 unspecified atom stereocenters. The van der Waals surface area contributed by atoms with E-state index in [-0.39, 0.29) is 28.7 Å². The van der Waals surface area contributed by atoms with Crippen LogP contribution in [0.2, 0.25) is 0 Å². The number of fused-ring (bicyclic) bond motifs is 4. The topological polar surface area (TPSA) is 71.0 Å². The molecule has 0 bridgehead atoms. The molecule has 2 amide bonds. The Morgan fingerprint density at radius 3 is 2.50 bits per heavy atom. The Morgan fingerprint density at radius 2 is 1.81 bits per heavy atom. The average molecular weight is 486 g/mol. The molecule has 0 saturated heterocycles. The van der Waals surface area contributed by atoms with Crippen LogP contribution in [0.3, 0.4) is 0 Å². The van der Waals surface area contributed by atoms with E-state index in [1.54, 1.807) is 0 Å². The molecule has 6 nitrogen and oxygen atoms in total. The molecule has 2 aromatic rings. The van der Waals surface area contributed by atoms with Crippen LogP contribution in [0, 0.1) is 18.3 Å². The molecule has 6 heteroatoms. The first-order chi connectivity index (χ1) is 16.8. The zero-order valence-electron chi connectivity index (χ0n) is 22.2. The second-order valence-corrected chi connectivity index (χ2v) is 12.9. The van der Waals surface area contributed by atoms with Gasteiger partial charge in [0.05, 0.1) is 17.1 Å². The summed E-state index contributed by atoms with van der Waals surface area (Å²) in [4.78, 5) is 34.9. The largest absolute Gasteiger partial charge is 0.443 e. The summed E-state index contributed by atoms with van der Waals surface area (Å²) in [6.07, 6.45) is 0.232. The van der Waals surface area contributed by atoms with Gasteiger partial charge in [-0.3, -0.25) is 9.79 Å². The van der Waals surface area contributed by atoms with Crippen molar-refractivity contribution in [2.24, 2.45) is 16.3 Å². The van der Waals surface area contributed by atoms with Crippen LogP contribution in [0.25, 0.3) is 0 Å². The number of carbonyl (C=O) groups excluding carboxylic acids is 2. The van der Waals surface area contributed by atoms with E-state index in [0.717, 1.165) is 29.9 Å². The molecule has 4 atom stereocenters. The summed E-state index contributed by atoms with van der Waals surface area (Å²) in [6, 6.07) is 14.1. The molecular formula is C30H35N3O3. The number of nitrogens with zero attached hydrogens (tertiary/aromatic N) is 2. The molecule has 6 rings (SSSR count). The summed E-state index contributed by atoms with van der Waals surface area (Å²) in [7, 11) is 0. The van der Waals surface area contributed by atoms with Gasteiger partial charge in [-0.2, -0.15) is 0 Å². The number of amides is 2. The maximum absolute atomic E-state index is 14.9. The molecule has 4 aliphatic rings. The maximum Gasteiger partial charge on any atom is 0.421 e. The second-order valence-electron chi connectivity index (χ2n) is 12.9. The second kappa shape index (κ2) is 6.99. The summed E-state index contributed by atoms with van der Waals surface area (Å²) >= 11 is 0. The third kappa shape index (κ3) is 2.70. The standard InChI is InChI=1S/C30H35N3O3/c1-17-12-13-18-20(16-17)32-24-29(18)14-15-31-23(29)22(27(2,3)4)30(24)19-10-8-9-11-21(19)33(25(30)34)26(35)36-28(5,6)7/h8-13,16,22,24,32H,14-15H2,1-7H3/t22-,24+,29+,30-/m0/s1. The van der Waals surface area contributed by atoms with Gasteiger partial charge >= 0.3 is 6.09 Å². The minimum absolute atomic E-state index is 0.180. The number of rotatable bonds is 0. The molecule has 0 radical (unpaired) electrons. The fourth-order valence-electron chi connectivity index (χ4n) is 7.59. The predicted molar refractivity (Wildman–Crippen MR) is 142 cm³/mol. The fourth-order valence-corrected chi connectivity index (χ4v) is 7.59. The number of ether oxygens (including phenoxy) is 1. The number of imide groups is 1. The number of nitrogens with one attached hydrogen (secondary N) is 1. The average Bonchev–Trinajstić information content (AvgIpc) is 3.44. The van der Waals surface area contributed by atoms with E-state index in [1.807, 2.05) is 45.0 Å². The molecule has 0 aromatic heterocycles. The Kier molecular flexibility index (Phi) is 4.52. The van der Waals surface area contributed by atoms with Crippen molar-refractivity contribution in [1.29, 1.82) is 0 Å². The van der Waals surface area contributed by atoms with E-state index in [1.165, 1.54) is 16.0 Å². The molecule has 3 heterocycles. The normalized spacial score (nSPS) is 30.0. The number of carbonyl (C=O) groups is 2. The smallest absolute Gasteiger partial charge is 0.421 e. The highest BCUT2D eigenvalue weighted by Crippen LogP contribution is 2.68. The summed E-state index contributed by atoms with van der Waals surface area (Å²) < 4.78 is 5.77. The minimum Gasteiger partial charge on any atom is -0.443 e. The monoisotopic (exact) mass is 485 g/mol. The Bertz CT molecular complexity index is 1350. The molecular weight excluding hydrogens is 450 g/mol. The van der Waals surface area contributed by atoms with Crippen LogP contribution in [0.1, 0.15) is 64.7 Å². The number of anilines is 2. The SMILES string of the molecule is Cc1ccc2c(c1)N[C@H]1[C@@]3(C(=O)N(C(=O)OC(C)(C)C)c4ccccc43)[C@H](C(C)(C)C)C3=NCC[C@]321. The highest BCUT2D eigenvalue weighted by atomic mass is 16.6. The lowest BCUT2D eigenvalue weighted by Gasteiger charge is -2.42. The van der Waals surface area contributed by atoms with Crippen LogP contribution in [-0.2, 0) is 20.4 Å². The van der Waals surface area contributed by atoms with Crippen LogP contribution in [-0.4, -0.2) is 35.9 Å². The number of hydrogen-bond acceptors (Lipinski definition) is 5. The Morgan fingerprint density at radius 1 is 1.08 bits per heavy atom. The van der Waals surface area contributed by atoms with Crippen LogP contribution < -0.4 is 10.2 Å². The molecule has 2 spiro atoms. The summed E-state index contributed by atoms with van der Waals surface area (Å²) in [6.45, 7) is 14.9. The predicted octanol–water partition coefficient (Wildman–Crippen LogP) is 5.77. The molecule has 1 saturated carbocycles. The summed E-state index contributed by atoms with van der Waals surface area (Å²) in [5.74, 6) is -0.392. The summed E-state index contributed by atoms with van der Waals surface area (Å²) in [5.41, 5.74) is 3.71. The van der Waals surface area contributed by atoms with Crippen molar-refractivity contribution in [2.45, 2.75) is 77.4 Å². The minimum atomic E-state index is -0.988. The molecule has 36 heavy (non-hydrogen) atoms. The zero-order chi connectivity index (χ0) is 25.8. The van der Waals surface area contributed by atoms with Gasteiger partial charge in [-0.25, -0.2) is 9.69 Å². The number of aryl methyl sites for hydroxylation is 1. The van der Waals surface area contributed by atoms with Crippen molar-refractivity contribution in [2.75, 3.05) is 16.8 Å². The molecule has 1 fully saturated rings. The van der Waals surface area contributed by atoms with Gasteiger partial charge in [0, 0.05) is 23.9 Å². The van der Waals surface area contributed by atoms with Gasteiger partial charge in [0.25, 0.3) is 0 Å². The van der Waals surface area contributed by atoms with Gasteiger partial charge in [-0.1, -0.05) is 51.1 Å². The van der Waals surface area contributed by atoms with Crippen molar-refractivity contribution in [3.8, 4) is 0 Å². The third-order valence-electron chi connectivity index (χ3n) is 8.47. The van der Waals surface area contributed by atoms with Crippen molar-refractivity contribution >= 4 is 29.1 Å². The van der Waals surface area contributed by atoms with E-state index < -0.39 is 17.1 Å². The van der Waals surface area contributed by atoms with Crippen molar-refractivity contribution < 1.29 is 14.3 Å². The first kappa shape index (κ1) is 23.3. The van der Waals surface area contributed by atoms with E-state index in [0.29, 0.717) is 5.69 Å². The highest BCUT2D eigenvalue weighted by Gasteiger charge is 2.78. The van der Waals surface area contributed by atoms with Crippen LogP contribution in [0.4, 0.5) is 16.2 Å². The lowest BCUT2D eigenvalue weighted by Crippen LogP contribution is -2.57. The van der Waals surface area contributed by atoms with E-state index in [2.05, 4.69) is 51.2 Å². The lowest BCUT2D eigenvalue weighted by molar-refractivity contribution is -0.125. The van der Waals surface area contributed by atoms with E-state index >= 15 is 0 Å². The van der Waals surface area contributed by atoms with Gasteiger partial charge < -0.3 is 10.1 Å². The van der Waals surface area contributed by atoms with Gasteiger partial charge in [0.1, 0.15) is 11.0 Å². The van der Waals surface area contributed by atoms with Crippen LogP contribution in [0.5, 0.6) is 0 Å². The number of benzene rings is 2. The first-order valence-corrected chi connectivity index (χ1v) is 12.9. The van der Waals surface area contributed by atoms with Crippen molar-refractivity contribution in [3.63, 3.8) is 0 Å². The quantitative estimate of drug-likeness (QED) is 0.514. The molecule has 188 valence electrons. The van der Waals surface area contributed by atoms with Gasteiger partial charge in [-0.05, 0) is 68.4 Å². The Balaban J connectivity index is 1.64. The molecule has 1 aliphatic carbocycles. The number of hydrogen-bond donors (Lipinski definition) is 1. The van der Waals surface area contributed by atoms with Gasteiger partial charge in [0.2, 0.25) is 5.91 Å². The maximum atomic E-state index is 14.9. The Hall–Kier alpha value is -3.15. The van der Waals surface area contributed by atoms with E-state index in [4.69, 9.17) is 9.73 Å². The van der Waals surface area contributed by atoms with Crippen molar-refractivity contribution in [1.82, 2.24) is 0 Å². The van der Waals surface area contributed by atoms with Gasteiger partial charge in [0.15, 0.2) is 0 Å². The van der Waals surface area contributed by atoms with Gasteiger partial charge in [-0.15, -0.1) is 0 Å². The molecule has 2 aromatic carbocycles.